The molecule has 1 aromatic heterocycles. The van der Waals surface area contributed by atoms with Gasteiger partial charge in [-0.25, -0.2) is 9.37 Å². The quantitative estimate of drug-likeness (QED) is 0.337. The molecule has 0 aliphatic heterocycles. The van der Waals surface area contributed by atoms with E-state index in [4.69, 9.17) is 10.5 Å². The Kier molecular flexibility index (Phi) is 6.14. The molecule has 0 saturated heterocycles. The van der Waals surface area contributed by atoms with Gasteiger partial charge < -0.3 is 15.8 Å². The molecule has 4 rings (SSSR count). The Bertz CT molecular complexity index is 1370. The lowest BCUT2D eigenvalue weighted by Gasteiger charge is -2.13. The van der Waals surface area contributed by atoms with E-state index in [1.165, 1.54) is 30.6 Å². The monoisotopic (exact) mass is 472 g/mol. The van der Waals surface area contributed by atoms with Crippen LogP contribution in [0.15, 0.2) is 60.9 Å². The normalized spacial score (nSPS) is 11.6. The van der Waals surface area contributed by atoms with Crippen LogP contribution in [0.3, 0.4) is 0 Å². The highest BCUT2D eigenvalue weighted by Crippen LogP contribution is 2.33. The molecule has 10 heteroatoms. The van der Waals surface area contributed by atoms with Gasteiger partial charge in [-0.1, -0.05) is 6.07 Å². The highest BCUT2D eigenvalue weighted by atomic mass is 19.4. The number of imidazole rings is 1. The van der Waals surface area contributed by atoms with Crippen LogP contribution in [0.25, 0.3) is 16.7 Å². The molecule has 0 aliphatic carbocycles. The summed E-state index contributed by atoms with van der Waals surface area (Å²) in [6.07, 6.45) is -3.83. The van der Waals surface area contributed by atoms with Crippen LogP contribution in [-0.4, -0.2) is 28.2 Å². The summed E-state index contributed by atoms with van der Waals surface area (Å²) in [5.41, 5.74) is 8.36. The average molecular weight is 472 g/mol. The van der Waals surface area contributed by atoms with Crippen LogP contribution in [0.2, 0.25) is 0 Å². The number of aromatic nitrogens is 2. The predicted molar refractivity (Wildman–Crippen MR) is 120 cm³/mol. The average Bonchev–Trinajstić information content (AvgIpc) is 3.16. The van der Waals surface area contributed by atoms with Gasteiger partial charge >= 0.3 is 6.18 Å². The van der Waals surface area contributed by atoms with Gasteiger partial charge in [0, 0.05) is 36.0 Å². The van der Waals surface area contributed by atoms with Crippen molar-refractivity contribution in [1.29, 1.82) is 0 Å². The van der Waals surface area contributed by atoms with E-state index in [-0.39, 0.29) is 18.0 Å². The number of benzene rings is 3. The van der Waals surface area contributed by atoms with Gasteiger partial charge in [0.2, 0.25) is 5.91 Å². The lowest BCUT2D eigenvalue weighted by atomic mass is 10.1. The molecule has 0 bridgehead atoms. The second kappa shape index (κ2) is 9.05. The molecule has 4 aromatic rings. The summed E-state index contributed by atoms with van der Waals surface area (Å²) in [5, 5.41) is 2.77. The van der Waals surface area contributed by atoms with Crippen LogP contribution >= 0.6 is 0 Å². The van der Waals surface area contributed by atoms with Crippen LogP contribution in [0.5, 0.6) is 11.5 Å². The first-order chi connectivity index (χ1) is 16.1. The summed E-state index contributed by atoms with van der Waals surface area (Å²) in [6.45, 7) is 1.38. The van der Waals surface area contributed by atoms with Crippen molar-refractivity contribution >= 4 is 22.6 Å². The van der Waals surface area contributed by atoms with E-state index >= 15 is 0 Å². The summed E-state index contributed by atoms with van der Waals surface area (Å²) in [4.78, 5) is 15.9. The maximum Gasteiger partial charge on any atom is 0.390 e. The number of hydrogen-bond donors (Lipinski definition) is 2. The van der Waals surface area contributed by atoms with Crippen LogP contribution in [0.4, 0.5) is 23.2 Å². The minimum atomic E-state index is -4.32. The molecule has 0 fully saturated rings. The van der Waals surface area contributed by atoms with E-state index in [0.29, 0.717) is 33.5 Å². The van der Waals surface area contributed by atoms with Gasteiger partial charge in [-0.3, -0.25) is 9.36 Å². The molecule has 1 heterocycles. The van der Waals surface area contributed by atoms with Gasteiger partial charge in [0.25, 0.3) is 0 Å². The number of nitrogens with zero attached hydrogens (tertiary/aromatic N) is 2. The van der Waals surface area contributed by atoms with Crippen LogP contribution < -0.4 is 15.8 Å². The number of anilines is 1. The summed E-state index contributed by atoms with van der Waals surface area (Å²) < 4.78 is 59.1. The van der Waals surface area contributed by atoms with Crippen molar-refractivity contribution in [3.63, 3.8) is 0 Å². The molecule has 0 spiro atoms. The maximum atomic E-state index is 13.6. The van der Waals surface area contributed by atoms with Crippen LogP contribution in [-0.2, 0) is 0 Å². The number of ether oxygens (including phenoxy) is 1. The van der Waals surface area contributed by atoms with Gasteiger partial charge in [-0.05, 0) is 42.8 Å². The van der Waals surface area contributed by atoms with Crippen molar-refractivity contribution in [3.8, 4) is 17.2 Å². The highest BCUT2D eigenvalue weighted by Gasteiger charge is 2.26. The first kappa shape index (κ1) is 23.1. The van der Waals surface area contributed by atoms with Crippen molar-refractivity contribution < 1.29 is 27.1 Å². The molecule has 0 saturated carbocycles. The fourth-order valence-corrected chi connectivity index (χ4v) is 3.57. The fraction of sp³-hybridized carbons (Fsp3) is 0.167. The SMILES string of the molecule is Cc1cc(-n2cnc3c(NCCC(F)(F)F)cc(Oc4cccc(F)c4)cc32)ccc1C(N)=O. The lowest BCUT2D eigenvalue weighted by Crippen LogP contribution is -2.14. The third-order valence-corrected chi connectivity index (χ3v) is 5.13. The second-order valence-electron chi connectivity index (χ2n) is 7.67. The number of rotatable bonds is 7. The molecular formula is C24H20F4N4O2. The molecule has 0 atom stereocenters. The van der Waals surface area contributed by atoms with Crippen molar-refractivity contribution in [1.82, 2.24) is 9.55 Å². The number of fused-ring (bicyclic) bond motifs is 1. The fourth-order valence-electron chi connectivity index (χ4n) is 3.57. The molecule has 34 heavy (non-hydrogen) atoms. The van der Waals surface area contributed by atoms with Gasteiger partial charge in [-0.15, -0.1) is 0 Å². The van der Waals surface area contributed by atoms with E-state index in [1.807, 2.05) is 0 Å². The van der Waals surface area contributed by atoms with Crippen molar-refractivity contribution in [2.45, 2.75) is 19.5 Å². The van der Waals surface area contributed by atoms with Gasteiger partial charge in [-0.2, -0.15) is 13.2 Å². The number of carbonyl (C=O) groups excluding carboxylic acids is 1. The zero-order chi connectivity index (χ0) is 24.5. The number of primary amides is 1. The molecule has 6 nitrogen and oxygen atoms in total. The first-order valence-corrected chi connectivity index (χ1v) is 10.3. The Labute approximate surface area is 192 Å². The number of aryl methyl sites for hydroxylation is 1. The maximum absolute atomic E-state index is 13.6. The summed E-state index contributed by atoms with van der Waals surface area (Å²) in [5.74, 6) is -0.535. The Morgan fingerprint density at radius 2 is 1.91 bits per heavy atom. The minimum absolute atomic E-state index is 0.230. The van der Waals surface area contributed by atoms with Crippen LogP contribution in [0.1, 0.15) is 22.3 Å². The number of carbonyl (C=O) groups is 1. The number of halogens is 4. The van der Waals surface area contributed by atoms with E-state index in [9.17, 15) is 22.4 Å². The Hall–Kier alpha value is -4.08. The molecule has 3 N–H and O–H groups in total. The summed E-state index contributed by atoms with van der Waals surface area (Å²) in [6, 6.07) is 13.7. The molecule has 1 amide bonds. The number of nitrogens with two attached hydrogens (primary N) is 1. The van der Waals surface area contributed by atoms with Crippen molar-refractivity contribution in [3.05, 3.63) is 77.9 Å². The Morgan fingerprint density at radius 1 is 1.12 bits per heavy atom. The molecule has 0 radical (unpaired) electrons. The standard InChI is InChI=1S/C24H20F4N4O2/c1-14-9-16(5-6-19(14)23(29)33)32-13-31-22-20(30-8-7-24(26,27)28)11-18(12-21(22)32)34-17-4-2-3-15(25)10-17/h2-6,9-13,30H,7-8H2,1H3,(H2,29,33). The third kappa shape index (κ3) is 5.11. The zero-order valence-electron chi connectivity index (χ0n) is 18.0. The summed E-state index contributed by atoms with van der Waals surface area (Å²) in [7, 11) is 0. The van der Waals surface area contributed by atoms with Crippen molar-refractivity contribution in [2.75, 3.05) is 11.9 Å². The van der Waals surface area contributed by atoms with Gasteiger partial charge in [0.15, 0.2) is 0 Å². The lowest BCUT2D eigenvalue weighted by molar-refractivity contribution is -0.131. The number of alkyl halides is 3. The van der Waals surface area contributed by atoms with E-state index in [0.717, 1.165) is 0 Å². The second-order valence-corrected chi connectivity index (χ2v) is 7.67. The van der Waals surface area contributed by atoms with Gasteiger partial charge in [0.05, 0.1) is 17.6 Å². The van der Waals surface area contributed by atoms with Gasteiger partial charge in [0.1, 0.15) is 29.2 Å². The third-order valence-electron chi connectivity index (χ3n) is 5.13. The zero-order valence-corrected chi connectivity index (χ0v) is 18.0. The Morgan fingerprint density at radius 3 is 2.59 bits per heavy atom. The highest BCUT2D eigenvalue weighted by molar-refractivity contribution is 5.95. The van der Waals surface area contributed by atoms with E-state index in [2.05, 4.69) is 10.3 Å². The first-order valence-electron chi connectivity index (χ1n) is 10.3. The smallest absolute Gasteiger partial charge is 0.390 e. The number of nitrogens with one attached hydrogen (secondary N) is 1. The number of hydrogen-bond acceptors (Lipinski definition) is 4. The Balaban J connectivity index is 1.78. The topological polar surface area (TPSA) is 82.2 Å². The van der Waals surface area contributed by atoms with Crippen molar-refractivity contribution in [2.24, 2.45) is 5.73 Å². The molecule has 176 valence electrons. The number of amides is 1. The summed E-state index contributed by atoms with van der Waals surface area (Å²) >= 11 is 0. The minimum Gasteiger partial charge on any atom is -0.457 e. The molecule has 3 aromatic carbocycles. The molecular weight excluding hydrogens is 452 g/mol. The van der Waals surface area contributed by atoms with Crippen LogP contribution in [0, 0.1) is 12.7 Å². The molecule has 0 aliphatic rings. The predicted octanol–water partition coefficient (Wildman–Crippen LogP) is 5.73. The van der Waals surface area contributed by atoms with E-state index in [1.54, 1.807) is 41.8 Å². The molecule has 0 unspecified atom stereocenters. The largest absolute Gasteiger partial charge is 0.457 e. The van der Waals surface area contributed by atoms with E-state index < -0.39 is 24.3 Å².